The van der Waals surface area contributed by atoms with Gasteiger partial charge in [-0.05, 0) is 22.0 Å². The van der Waals surface area contributed by atoms with E-state index in [0.29, 0.717) is 10.2 Å². The van der Waals surface area contributed by atoms with Crippen LogP contribution in [-0.4, -0.2) is 17.4 Å². The van der Waals surface area contributed by atoms with E-state index in [1.807, 2.05) is 0 Å². The molecule has 1 atom stereocenters. The molecule has 1 aromatic rings. The average Bonchev–Trinajstić information content (AvgIpc) is 2.30. The Morgan fingerprint density at radius 2 is 2.29 bits per heavy atom. The van der Waals surface area contributed by atoms with Gasteiger partial charge in [0.05, 0.1) is 10.6 Å². The first kappa shape index (κ1) is 13.6. The van der Waals surface area contributed by atoms with E-state index in [0.717, 1.165) is 0 Å². The van der Waals surface area contributed by atoms with Crippen LogP contribution in [0, 0.1) is 16.0 Å². The van der Waals surface area contributed by atoms with Crippen LogP contribution in [0.3, 0.4) is 0 Å². The maximum atomic E-state index is 11.6. The number of nitrogens with one attached hydrogen (secondary N) is 1. The Bertz CT molecular complexity index is 450. The van der Waals surface area contributed by atoms with E-state index in [9.17, 15) is 14.9 Å². The number of hydrogen-bond donors (Lipinski definition) is 2. The summed E-state index contributed by atoms with van der Waals surface area (Å²) in [7, 11) is 0. The van der Waals surface area contributed by atoms with Crippen molar-refractivity contribution in [2.45, 2.75) is 6.92 Å². The van der Waals surface area contributed by atoms with Gasteiger partial charge in [0.2, 0.25) is 5.91 Å². The number of non-ortho nitro benzene ring substituents is 1. The summed E-state index contributed by atoms with van der Waals surface area (Å²) < 4.78 is 0.462. The van der Waals surface area contributed by atoms with Gasteiger partial charge in [-0.1, -0.05) is 6.92 Å². The first-order valence-corrected chi connectivity index (χ1v) is 5.70. The predicted molar refractivity (Wildman–Crippen MR) is 67.6 cm³/mol. The van der Waals surface area contributed by atoms with Gasteiger partial charge in [0.1, 0.15) is 0 Å². The molecule has 0 saturated heterocycles. The number of anilines is 1. The van der Waals surface area contributed by atoms with Gasteiger partial charge in [0.25, 0.3) is 5.69 Å². The summed E-state index contributed by atoms with van der Waals surface area (Å²) in [6, 6.07) is 4.14. The van der Waals surface area contributed by atoms with Crippen molar-refractivity contribution < 1.29 is 9.72 Å². The van der Waals surface area contributed by atoms with E-state index in [4.69, 9.17) is 5.73 Å². The van der Waals surface area contributed by atoms with Gasteiger partial charge in [0, 0.05) is 29.1 Å². The predicted octanol–water partition coefficient (Wildman–Crippen LogP) is 1.89. The van der Waals surface area contributed by atoms with Crippen molar-refractivity contribution in [1.29, 1.82) is 0 Å². The number of benzene rings is 1. The lowest BCUT2D eigenvalue weighted by molar-refractivity contribution is -0.384. The molecule has 6 nitrogen and oxygen atoms in total. The van der Waals surface area contributed by atoms with Crippen molar-refractivity contribution in [2.75, 3.05) is 11.9 Å². The van der Waals surface area contributed by atoms with Crippen LogP contribution in [0.1, 0.15) is 6.92 Å². The molecule has 3 N–H and O–H groups in total. The van der Waals surface area contributed by atoms with E-state index in [1.165, 1.54) is 18.2 Å². The van der Waals surface area contributed by atoms with Crippen LogP contribution in [0.5, 0.6) is 0 Å². The second kappa shape index (κ2) is 5.74. The van der Waals surface area contributed by atoms with Gasteiger partial charge in [-0.25, -0.2) is 0 Å². The molecule has 0 radical (unpaired) electrons. The molecule has 0 aliphatic heterocycles. The number of nitro groups is 1. The largest absolute Gasteiger partial charge is 0.330 e. The summed E-state index contributed by atoms with van der Waals surface area (Å²) in [5, 5.41) is 13.2. The number of nitrogens with two attached hydrogens (primary N) is 1. The highest BCUT2D eigenvalue weighted by molar-refractivity contribution is 9.10. The summed E-state index contributed by atoms with van der Waals surface area (Å²) >= 11 is 3.16. The van der Waals surface area contributed by atoms with Crippen LogP contribution < -0.4 is 11.1 Å². The number of carbonyl (C=O) groups excluding carboxylic acids is 1. The van der Waals surface area contributed by atoms with Crippen molar-refractivity contribution in [3.63, 3.8) is 0 Å². The molecule has 0 aliphatic rings. The van der Waals surface area contributed by atoms with Gasteiger partial charge in [0.15, 0.2) is 0 Å². The molecule has 0 bridgehead atoms. The number of nitrogens with zero attached hydrogens (tertiary/aromatic N) is 1. The first-order valence-electron chi connectivity index (χ1n) is 4.90. The molecule has 0 aromatic heterocycles. The molecule has 1 aromatic carbocycles. The van der Waals surface area contributed by atoms with E-state index in [1.54, 1.807) is 6.92 Å². The third-order valence-electron chi connectivity index (χ3n) is 2.22. The zero-order valence-electron chi connectivity index (χ0n) is 9.14. The lowest BCUT2D eigenvalue weighted by Gasteiger charge is -2.11. The number of carbonyl (C=O) groups is 1. The van der Waals surface area contributed by atoms with E-state index >= 15 is 0 Å². The van der Waals surface area contributed by atoms with Gasteiger partial charge in [-0.2, -0.15) is 0 Å². The van der Waals surface area contributed by atoms with Crippen LogP contribution in [0.2, 0.25) is 0 Å². The molecule has 1 unspecified atom stereocenters. The highest BCUT2D eigenvalue weighted by Gasteiger charge is 2.14. The minimum Gasteiger partial charge on any atom is -0.330 e. The molecule has 0 saturated carbocycles. The highest BCUT2D eigenvalue weighted by atomic mass is 79.9. The third kappa shape index (κ3) is 3.50. The lowest BCUT2D eigenvalue weighted by atomic mass is 10.1. The van der Waals surface area contributed by atoms with Crippen LogP contribution in [-0.2, 0) is 4.79 Å². The summed E-state index contributed by atoms with van der Waals surface area (Å²) in [5.74, 6) is -0.529. The molecule has 0 aliphatic carbocycles. The van der Waals surface area contributed by atoms with Gasteiger partial charge in [-0.15, -0.1) is 0 Å². The molecular weight excluding hydrogens is 290 g/mol. The number of halogens is 1. The Morgan fingerprint density at radius 1 is 1.65 bits per heavy atom. The quantitative estimate of drug-likeness (QED) is 0.655. The summed E-state index contributed by atoms with van der Waals surface area (Å²) in [5.41, 5.74) is 5.81. The Morgan fingerprint density at radius 3 is 2.76 bits per heavy atom. The van der Waals surface area contributed by atoms with E-state index in [2.05, 4.69) is 21.2 Å². The van der Waals surface area contributed by atoms with Crippen molar-refractivity contribution in [3.05, 3.63) is 32.8 Å². The van der Waals surface area contributed by atoms with Crippen LogP contribution in [0.4, 0.5) is 11.4 Å². The molecule has 92 valence electrons. The normalized spacial score (nSPS) is 11.9. The maximum Gasteiger partial charge on any atom is 0.270 e. The second-order valence-corrected chi connectivity index (χ2v) is 4.40. The Labute approximate surface area is 106 Å². The fourth-order valence-electron chi connectivity index (χ4n) is 1.08. The zero-order chi connectivity index (χ0) is 13.0. The minimum atomic E-state index is -0.501. The molecule has 17 heavy (non-hydrogen) atoms. The highest BCUT2D eigenvalue weighted by Crippen LogP contribution is 2.27. The molecule has 0 fully saturated rings. The van der Waals surface area contributed by atoms with Crippen molar-refractivity contribution in [3.8, 4) is 0 Å². The molecule has 7 heteroatoms. The van der Waals surface area contributed by atoms with Crippen LogP contribution >= 0.6 is 15.9 Å². The average molecular weight is 302 g/mol. The number of hydrogen-bond acceptors (Lipinski definition) is 4. The Kier molecular flexibility index (Phi) is 4.59. The second-order valence-electron chi connectivity index (χ2n) is 3.55. The van der Waals surface area contributed by atoms with Gasteiger partial charge < -0.3 is 11.1 Å². The topological polar surface area (TPSA) is 98.3 Å². The first-order chi connectivity index (χ1) is 7.95. The third-order valence-corrected chi connectivity index (χ3v) is 2.88. The number of rotatable bonds is 4. The lowest BCUT2D eigenvalue weighted by Crippen LogP contribution is -2.26. The summed E-state index contributed by atoms with van der Waals surface area (Å²) in [6.45, 7) is 1.95. The van der Waals surface area contributed by atoms with Crippen molar-refractivity contribution in [2.24, 2.45) is 11.7 Å². The zero-order valence-corrected chi connectivity index (χ0v) is 10.7. The smallest absolute Gasteiger partial charge is 0.270 e. The van der Waals surface area contributed by atoms with Gasteiger partial charge in [-0.3, -0.25) is 14.9 Å². The maximum absolute atomic E-state index is 11.6. The number of nitro benzene ring substituents is 1. The van der Waals surface area contributed by atoms with Crippen LogP contribution in [0.15, 0.2) is 22.7 Å². The SMILES string of the molecule is CC(CN)C(=O)Nc1ccc([N+](=O)[O-])cc1Br. The van der Waals surface area contributed by atoms with Crippen molar-refractivity contribution in [1.82, 2.24) is 0 Å². The number of amides is 1. The molecule has 0 heterocycles. The Hall–Kier alpha value is -1.47. The Balaban J connectivity index is 2.86. The summed E-state index contributed by atoms with van der Waals surface area (Å²) in [4.78, 5) is 21.6. The van der Waals surface area contributed by atoms with E-state index in [-0.39, 0.29) is 24.1 Å². The molecule has 0 spiro atoms. The van der Waals surface area contributed by atoms with Crippen molar-refractivity contribution >= 4 is 33.2 Å². The molecular formula is C10H12BrN3O3. The fraction of sp³-hybridized carbons (Fsp3) is 0.300. The van der Waals surface area contributed by atoms with E-state index < -0.39 is 4.92 Å². The molecule has 1 rings (SSSR count). The monoisotopic (exact) mass is 301 g/mol. The minimum absolute atomic E-state index is 0.0400. The molecule has 1 amide bonds. The standard InChI is InChI=1S/C10H12BrN3O3/c1-6(5-12)10(15)13-9-3-2-7(14(16)17)4-8(9)11/h2-4,6H,5,12H2,1H3,(H,13,15). The van der Waals surface area contributed by atoms with Gasteiger partial charge >= 0.3 is 0 Å². The van der Waals surface area contributed by atoms with Crippen LogP contribution in [0.25, 0.3) is 0 Å². The fourth-order valence-corrected chi connectivity index (χ4v) is 1.55. The summed E-state index contributed by atoms with van der Waals surface area (Å²) in [6.07, 6.45) is 0.